The van der Waals surface area contributed by atoms with E-state index in [1.165, 1.54) is 19.2 Å². The Labute approximate surface area is 106 Å². The molecule has 1 aromatic heterocycles. The summed E-state index contributed by atoms with van der Waals surface area (Å²) in [5, 5.41) is 7.18. The number of ketones is 1. The molecule has 0 radical (unpaired) electrons. The van der Waals surface area contributed by atoms with E-state index in [1.54, 1.807) is 0 Å². The Hall–Kier alpha value is -2.18. The van der Waals surface area contributed by atoms with Gasteiger partial charge in [-0.2, -0.15) is 0 Å². The van der Waals surface area contributed by atoms with Crippen molar-refractivity contribution in [2.45, 2.75) is 19.8 Å². The standard InChI is InChI=1S/C12H10F3N3O/c1-7(19)11-6-16-17-18(11)8-3-4-10(13)9(5-8)12(2,14)15/h3-6H,1-2H3. The number of alkyl halides is 2. The van der Waals surface area contributed by atoms with Crippen LogP contribution in [0.1, 0.15) is 29.9 Å². The highest BCUT2D eigenvalue weighted by Gasteiger charge is 2.29. The summed E-state index contributed by atoms with van der Waals surface area (Å²) >= 11 is 0. The monoisotopic (exact) mass is 269 g/mol. The largest absolute Gasteiger partial charge is 0.293 e. The molecule has 2 aromatic rings. The van der Waals surface area contributed by atoms with E-state index in [0.717, 1.165) is 16.8 Å². The molecule has 0 aliphatic rings. The van der Waals surface area contributed by atoms with Crippen LogP contribution in [0.25, 0.3) is 5.69 Å². The summed E-state index contributed by atoms with van der Waals surface area (Å²) in [6, 6.07) is 3.12. The topological polar surface area (TPSA) is 47.8 Å². The van der Waals surface area contributed by atoms with Gasteiger partial charge in [-0.05, 0) is 18.2 Å². The molecule has 0 aliphatic heterocycles. The Morgan fingerprint density at radius 1 is 1.37 bits per heavy atom. The third-order valence-corrected chi connectivity index (χ3v) is 2.58. The van der Waals surface area contributed by atoms with Crippen LogP contribution in [0, 0.1) is 5.82 Å². The van der Waals surface area contributed by atoms with Crippen molar-refractivity contribution in [3.63, 3.8) is 0 Å². The Kier molecular flexibility index (Phi) is 3.13. The van der Waals surface area contributed by atoms with Gasteiger partial charge >= 0.3 is 0 Å². The molecule has 19 heavy (non-hydrogen) atoms. The van der Waals surface area contributed by atoms with Gasteiger partial charge in [0.25, 0.3) is 5.92 Å². The third kappa shape index (κ3) is 2.49. The van der Waals surface area contributed by atoms with E-state index >= 15 is 0 Å². The summed E-state index contributed by atoms with van der Waals surface area (Å²) in [6.45, 7) is 1.90. The van der Waals surface area contributed by atoms with Gasteiger partial charge in [-0.25, -0.2) is 17.9 Å². The summed E-state index contributed by atoms with van der Waals surface area (Å²) < 4.78 is 41.0. The van der Waals surface area contributed by atoms with E-state index in [9.17, 15) is 18.0 Å². The highest BCUT2D eigenvalue weighted by atomic mass is 19.3. The molecule has 100 valence electrons. The minimum Gasteiger partial charge on any atom is -0.293 e. The van der Waals surface area contributed by atoms with Gasteiger partial charge < -0.3 is 0 Å². The number of benzene rings is 1. The third-order valence-electron chi connectivity index (χ3n) is 2.58. The Bertz CT molecular complexity index is 631. The van der Waals surface area contributed by atoms with Gasteiger partial charge in [0, 0.05) is 13.8 Å². The fourth-order valence-corrected chi connectivity index (χ4v) is 1.65. The number of nitrogens with zero attached hydrogens (tertiary/aromatic N) is 3. The highest BCUT2D eigenvalue weighted by Crippen LogP contribution is 2.30. The van der Waals surface area contributed by atoms with Crippen LogP contribution < -0.4 is 0 Å². The smallest absolute Gasteiger partial charge is 0.273 e. The number of hydrogen-bond donors (Lipinski definition) is 0. The fourth-order valence-electron chi connectivity index (χ4n) is 1.65. The normalized spacial score (nSPS) is 11.6. The van der Waals surface area contributed by atoms with Gasteiger partial charge in [-0.3, -0.25) is 4.79 Å². The van der Waals surface area contributed by atoms with E-state index in [-0.39, 0.29) is 17.2 Å². The molecule has 7 heteroatoms. The van der Waals surface area contributed by atoms with Gasteiger partial charge in [0.15, 0.2) is 5.78 Å². The molecule has 0 saturated carbocycles. The van der Waals surface area contributed by atoms with Crippen LogP contribution in [0.5, 0.6) is 0 Å². The Balaban J connectivity index is 2.58. The van der Waals surface area contributed by atoms with Crippen LogP contribution >= 0.6 is 0 Å². The molecule has 1 aromatic carbocycles. The zero-order valence-electron chi connectivity index (χ0n) is 10.2. The van der Waals surface area contributed by atoms with Crippen molar-refractivity contribution in [1.82, 2.24) is 15.0 Å². The minimum atomic E-state index is -3.32. The van der Waals surface area contributed by atoms with Gasteiger partial charge in [-0.15, -0.1) is 5.10 Å². The number of Topliss-reactive ketones (excluding diaryl/α,β-unsaturated/α-hetero) is 1. The molecule has 0 spiro atoms. The number of aromatic nitrogens is 3. The first-order valence-corrected chi connectivity index (χ1v) is 5.40. The molecule has 0 bridgehead atoms. The number of carbonyl (C=O) groups is 1. The Morgan fingerprint density at radius 3 is 2.63 bits per heavy atom. The second kappa shape index (κ2) is 4.49. The molecule has 4 nitrogen and oxygen atoms in total. The zero-order valence-corrected chi connectivity index (χ0v) is 10.2. The highest BCUT2D eigenvalue weighted by molar-refractivity contribution is 5.92. The van der Waals surface area contributed by atoms with Crippen LogP contribution in [0.3, 0.4) is 0 Å². The summed E-state index contributed by atoms with van der Waals surface area (Å²) in [6.07, 6.45) is 1.22. The number of hydrogen-bond acceptors (Lipinski definition) is 3. The molecule has 0 amide bonds. The summed E-state index contributed by atoms with van der Waals surface area (Å²) in [5.74, 6) is -4.66. The molecule has 0 aliphatic carbocycles. The van der Waals surface area contributed by atoms with Gasteiger partial charge in [0.05, 0.1) is 17.4 Å². The maximum absolute atomic E-state index is 13.4. The first-order valence-electron chi connectivity index (χ1n) is 5.40. The van der Waals surface area contributed by atoms with Crippen LogP contribution in [0.15, 0.2) is 24.4 Å². The van der Waals surface area contributed by atoms with Crippen LogP contribution in [-0.2, 0) is 5.92 Å². The van der Waals surface area contributed by atoms with Crippen molar-refractivity contribution in [2.75, 3.05) is 0 Å². The van der Waals surface area contributed by atoms with E-state index < -0.39 is 17.3 Å². The first-order chi connectivity index (χ1) is 8.80. The predicted octanol–water partition coefficient (Wildman–Crippen LogP) is 2.72. The van der Waals surface area contributed by atoms with Gasteiger partial charge in [-0.1, -0.05) is 5.21 Å². The second-order valence-electron chi connectivity index (χ2n) is 4.14. The van der Waals surface area contributed by atoms with Crippen molar-refractivity contribution >= 4 is 5.78 Å². The lowest BCUT2D eigenvalue weighted by atomic mass is 10.1. The average molecular weight is 269 g/mol. The Morgan fingerprint density at radius 2 is 2.05 bits per heavy atom. The van der Waals surface area contributed by atoms with Gasteiger partial charge in [0.1, 0.15) is 11.5 Å². The SMILES string of the molecule is CC(=O)c1cnnn1-c1ccc(F)c(C(C)(F)F)c1. The van der Waals surface area contributed by atoms with Crippen LogP contribution in [0.2, 0.25) is 0 Å². The second-order valence-corrected chi connectivity index (χ2v) is 4.14. The number of rotatable bonds is 3. The van der Waals surface area contributed by atoms with E-state index in [1.807, 2.05) is 0 Å². The van der Waals surface area contributed by atoms with E-state index in [4.69, 9.17) is 0 Å². The summed E-state index contributed by atoms with van der Waals surface area (Å²) in [5.41, 5.74) is -0.465. The molecule has 0 saturated heterocycles. The maximum Gasteiger partial charge on any atom is 0.273 e. The minimum absolute atomic E-state index is 0.136. The lowest BCUT2D eigenvalue weighted by molar-refractivity contribution is 0.0137. The molecule has 1 heterocycles. The average Bonchev–Trinajstić information content (AvgIpc) is 2.77. The molecule has 0 atom stereocenters. The van der Waals surface area contributed by atoms with Crippen molar-refractivity contribution in [3.05, 3.63) is 41.5 Å². The predicted molar refractivity (Wildman–Crippen MR) is 60.9 cm³/mol. The van der Waals surface area contributed by atoms with Crippen LogP contribution in [-0.4, -0.2) is 20.8 Å². The van der Waals surface area contributed by atoms with Crippen LogP contribution in [0.4, 0.5) is 13.2 Å². The summed E-state index contributed by atoms with van der Waals surface area (Å²) in [4.78, 5) is 11.3. The fraction of sp³-hybridized carbons (Fsp3) is 0.250. The zero-order chi connectivity index (χ0) is 14.2. The molecular formula is C12H10F3N3O. The first kappa shape index (κ1) is 13.3. The summed E-state index contributed by atoms with van der Waals surface area (Å²) in [7, 11) is 0. The van der Waals surface area contributed by atoms with Crippen molar-refractivity contribution < 1.29 is 18.0 Å². The molecule has 2 rings (SSSR count). The molecule has 0 unspecified atom stereocenters. The number of carbonyl (C=O) groups excluding carboxylic acids is 1. The lowest BCUT2D eigenvalue weighted by Gasteiger charge is -2.13. The molecule has 0 fully saturated rings. The maximum atomic E-state index is 13.4. The number of halogens is 3. The van der Waals surface area contributed by atoms with Crippen molar-refractivity contribution in [3.8, 4) is 5.69 Å². The molecular weight excluding hydrogens is 259 g/mol. The molecule has 0 N–H and O–H groups in total. The lowest BCUT2D eigenvalue weighted by Crippen LogP contribution is -2.12. The quantitative estimate of drug-likeness (QED) is 0.805. The van der Waals surface area contributed by atoms with Gasteiger partial charge in [0.2, 0.25) is 0 Å². The van der Waals surface area contributed by atoms with Crippen molar-refractivity contribution in [1.29, 1.82) is 0 Å². The van der Waals surface area contributed by atoms with E-state index in [2.05, 4.69) is 10.3 Å². The van der Waals surface area contributed by atoms with E-state index in [0.29, 0.717) is 6.92 Å². The van der Waals surface area contributed by atoms with Crippen molar-refractivity contribution in [2.24, 2.45) is 0 Å².